The summed E-state index contributed by atoms with van der Waals surface area (Å²) in [5, 5.41) is 24.3. The molecule has 2 atom stereocenters. The molecule has 1 aliphatic carbocycles. The van der Waals surface area contributed by atoms with Gasteiger partial charge in [0.25, 0.3) is 0 Å². The number of anilines is 1. The summed E-state index contributed by atoms with van der Waals surface area (Å²) in [5.74, 6) is 1.86. The molecule has 33 heavy (non-hydrogen) atoms. The van der Waals surface area contributed by atoms with Crippen molar-refractivity contribution in [2.45, 2.75) is 29.4 Å². The van der Waals surface area contributed by atoms with Crippen molar-refractivity contribution in [3.63, 3.8) is 0 Å². The fraction of sp³-hybridized carbons (Fsp3) is 0.304. The summed E-state index contributed by atoms with van der Waals surface area (Å²) in [6.45, 7) is 3.80. The number of hydrogen-bond donors (Lipinski definition) is 2. The van der Waals surface area contributed by atoms with Gasteiger partial charge in [0.15, 0.2) is 11.4 Å². The smallest absolute Gasteiger partial charge is 0.224 e. The number of aryl methyl sites for hydroxylation is 1. The lowest BCUT2D eigenvalue weighted by Crippen LogP contribution is -2.29. The average Bonchev–Trinajstić information content (AvgIpc) is 3.15. The molecule has 1 saturated carbocycles. The zero-order chi connectivity index (χ0) is 22.9. The fourth-order valence-electron chi connectivity index (χ4n) is 4.80. The predicted molar refractivity (Wildman–Crippen MR) is 127 cm³/mol. The van der Waals surface area contributed by atoms with Gasteiger partial charge < -0.3 is 20.8 Å². The van der Waals surface area contributed by atoms with Crippen LogP contribution in [0, 0.1) is 28.4 Å². The molecule has 0 bridgehead atoms. The molecule has 0 spiro atoms. The minimum atomic E-state index is 0.290. The van der Waals surface area contributed by atoms with Gasteiger partial charge in [-0.15, -0.1) is 0 Å². The first-order valence-electron chi connectivity index (χ1n) is 10.8. The maximum Gasteiger partial charge on any atom is 0.224 e. The highest BCUT2D eigenvalue weighted by atomic mass is 35.5. The highest BCUT2D eigenvalue weighted by Crippen LogP contribution is 2.47. The number of rotatable bonds is 4. The number of nitrogens with zero attached hydrogens (tertiary/aromatic N) is 5. The number of piperidine rings is 1. The molecule has 4 aromatic rings. The van der Waals surface area contributed by atoms with Crippen molar-refractivity contribution in [1.82, 2.24) is 15.0 Å². The largest absolute Gasteiger partial charge is 0.618 e. The number of nitriles is 1. The van der Waals surface area contributed by atoms with Gasteiger partial charge in [0.2, 0.25) is 5.52 Å². The minimum absolute atomic E-state index is 0.290. The quantitative estimate of drug-likeness (QED) is 0.262. The molecule has 1 saturated heterocycles. The normalized spacial score (nSPS) is 21.5. The second-order valence-corrected chi connectivity index (χ2v) is 10.0. The van der Waals surface area contributed by atoms with E-state index in [4.69, 9.17) is 32.6 Å². The number of hydrogen-bond acceptors (Lipinski definition) is 7. The van der Waals surface area contributed by atoms with Crippen molar-refractivity contribution >= 4 is 51.1 Å². The van der Waals surface area contributed by atoms with Crippen LogP contribution in [0.2, 0.25) is 5.02 Å². The number of fused-ring (bicyclic) bond motifs is 3. The Morgan fingerprint density at radius 1 is 1.33 bits per heavy atom. The summed E-state index contributed by atoms with van der Waals surface area (Å²) >= 11 is 8.10. The standard InChI is InChI=1S/C23H20ClN7OS/c1-2-16-19(24)18-21(27-16)28-23(29-22(18)30-9-14-15(10-30)20(14)26)33-13-4-3-12-5-11(7-25)8-31(32)17(12)6-13/h3-6,8,14-15,20H,2,9-10,26H2,1H3,(H,27,28,29). The Morgan fingerprint density at radius 3 is 2.85 bits per heavy atom. The first kappa shape index (κ1) is 20.5. The van der Waals surface area contributed by atoms with E-state index in [9.17, 15) is 5.21 Å². The maximum atomic E-state index is 12.4. The van der Waals surface area contributed by atoms with Gasteiger partial charge in [-0.05, 0) is 48.2 Å². The third-order valence-corrected chi connectivity index (χ3v) is 7.95. The number of nitrogens with one attached hydrogen (secondary N) is 1. The number of benzene rings is 1. The van der Waals surface area contributed by atoms with E-state index in [1.54, 1.807) is 12.1 Å². The van der Waals surface area contributed by atoms with E-state index in [2.05, 4.69) is 9.88 Å². The monoisotopic (exact) mass is 477 g/mol. The van der Waals surface area contributed by atoms with Crippen molar-refractivity contribution in [1.29, 1.82) is 5.26 Å². The summed E-state index contributed by atoms with van der Waals surface area (Å²) in [7, 11) is 0. The van der Waals surface area contributed by atoms with Crippen LogP contribution in [-0.4, -0.2) is 34.1 Å². The summed E-state index contributed by atoms with van der Waals surface area (Å²) in [6.07, 6.45) is 2.06. The molecule has 6 rings (SSSR count). The van der Waals surface area contributed by atoms with Crippen LogP contribution < -0.4 is 15.4 Å². The number of H-pyrrole nitrogens is 1. The maximum absolute atomic E-state index is 12.4. The Balaban J connectivity index is 1.41. The SMILES string of the molecule is CCc1[nH]c2nc(Sc3ccc4cc(C#N)c[n+]([O-])c4c3)nc(N3CC4C(N)C4C3)c2c1Cl. The number of halogens is 1. The van der Waals surface area contributed by atoms with Crippen LogP contribution in [0.25, 0.3) is 21.9 Å². The average molecular weight is 478 g/mol. The fourth-order valence-corrected chi connectivity index (χ4v) is 5.94. The zero-order valence-electron chi connectivity index (χ0n) is 17.7. The van der Waals surface area contributed by atoms with Crippen LogP contribution in [0.4, 0.5) is 5.82 Å². The molecule has 1 aliphatic heterocycles. The van der Waals surface area contributed by atoms with E-state index >= 15 is 0 Å². The molecule has 1 aromatic carbocycles. The molecule has 8 nitrogen and oxygen atoms in total. The van der Waals surface area contributed by atoms with Crippen molar-refractivity contribution in [2.24, 2.45) is 17.6 Å². The van der Waals surface area contributed by atoms with Crippen molar-refractivity contribution < 1.29 is 4.73 Å². The summed E-state index contributed by atoms with van der Waals surface area (Å²) in [5.41, 5.74) is 8.62. The van der Waals surface area contributed by atoms with Crippen LogP contribution in [0.5, 0.6) is 0 Å². The third-order valence-electron chi connectivity index (χ3n) is 6.68. The minimum Gasteiger partial charge on any atom is -0.618 e. The molecule has 166 valence electrons. The molecule has 4 heterocycles. The van der Waals surface area contributed by atoms with E-state index in [0.29, 0.717) is 50.2 Å². The van der Waals surface area contributed by atoms with Crippen LogP contribution in [0.15, 0.2) is 40.5 Å². The van der Waals surface area contributed by atoms with Crippen LogP contribution in [0.3, 0.4) is 0 Å². The Labute approximate surface area is 199 Å². The molecule has 10 heteroatoms. The predicted octanol–water partition coefficient (Wildman–Crippen LogP) is 3.38. The molecular formula is C23H20ClN7OS. The summed E-state index contributed by atoms with van der Waals surface area (Å²) in [6, 6.07) is 9.54. The van der Waals surface area contributed by atoms with E-state index in [1.165, 1.54) is 18.0 Å². The molecule has 2 aliphatic rings. The number of aromatic nitrogens is 4. The van der Waals surface area contributed by atoms with E-state index in [-0.39, 0.29) is 0 Å². The Morgan fingerprint density at radius 2 is 2.12 bits per heavy atom. The van der Waals surface area contributed by atoms with Gasteiger partial charge in [0.1, 0.15) is 23.1 Å². The van der Waals surface area contributed by atoms with Crippen LogP contribution in [-0.2, 0) is 6.42 Å². The lowest BCUT2D eigenvalue weighted by atomic mass is 10.2. The number of nitrogens with two attached hydrogens (primary N) is 1. The Kier molecular flexibility index (Phi) is 4.66. The Bertz CT molecular complexity index is 1470. The van der Waals surface area contributed by atoms with Crippen LogP contribution >= 0.6 is 23.4 Å². The van der Waals surface area contributed by atoms with Gasteiger partial charge in [-0.2, -0.15) is 9.99 Å². The lowest BCUT2D eigenvalue weighted by molar-refractivity contribution is -0.577. The topological polar surface area (TPSA) is 122 Å². The third kappa shape index (κ3) is 3.29. The van der Waals surface area contributed by atoms with Gasteiger partial charge in [0, 0.05) is 41.2 Å². The van der Waals surface area contributed by atoms with E-state index in [0.717, 1.165) is 46.0 Å². The molecule has 0 radical (unpaired) electrons. The zero-order valence-corrected chi connectivity index (χ0v) is 19.3. The highest BCUT2D eigenvalue weighted by Gasteiger charge is 2.54. The molecule has 3 N–H and O–H groups in total. The summed E-state index contributed by atoms with van der Waals surface area (Å²) < 4.78 is 0.728. The van der Waals surface area contributed by atoms with Crippen molar-refractivity contribution in [3.05, 3.63) is 51.9 Å². The number of pyridine rings is 1. The van der Waals surface area contributed by atoms with Crippen molar-refractivity contribution in [3.8, 4) is 6.07 Å². The summed E-state index contributed by atoms with van der Waals surface area (Å²) in [4.78, 5) is 16.1. The second kappa shape index (κ2) is 7.48. The van der Waals surface area contributed by atoms with Gasteiger partial charge in [-0.25, -0.2) is 9.97 Å². The van der Waals surface area contributed by atoms with Gasteiger partial charge in [-0.3, -0.25) is 0 Å². The highest BCUT2D eigenvalue weighted by molar-refractivity contribution is 7.99. The Hall–Kier alpha value is -3.06. The lowest BCUT2D eigenvalue weighted by Gasteiger charge is -2.21. The van der Waals surface area contributed by atoms with Crippen LogP contribution in [0.1, 0.15) is 18.2 Å². The molecular weight excluding hydrogens is 458 g/mol. The van der Waals surface area contributed by atoms with Gasteiger partial charge in [-0.1, -0.05) is 18.5 Å². The first-order valence-corrected chi connectivity index (χ1v) is 12.0. The first-order chi connectivity index (χ1) is 16.0. The van der Waals surface area contributed by atoms with E-state index in [1.807, 2.05) is 25.1 Å². The molecule has 3 aromatic heterocycles. The van der Waals surface area contributed by atoms with E-state index < -0.39 is 0 Å². The number of aromatic amines is 1. The van der Waals surface area contributed by atoms with Gasteiger partial charge in [0.05, 0.1) is 10.4 Å². The second-order valence-electron chi connectivity index (χ2n) is 8.62. The molecule has 2 unspecified atom stereocenters. The molecule has 2 fully saturated rings. The van der Waals surface area contributed by atoms with Gasteiger partial charge >= 0.3 is 0 Å². The molecule has 0 amide bonds. The van der Waals surface area contributed by atoms with Crippen molar-refractivity contribution in [2.75, 3.05) is 18.0 Å².